The first-order chi connectivity index (χ1) is 12.0. The Morgan fingerprint density at radius 1 is 1.12 bits per heavy atom. The van der Waals surface area contributed by atoms with Gasteiger partial charge in [-0.1, -0.05) is 0 Å². The van der Waals surface area contributed by atoms with Gasteiger partial charge in [-0.2, -0.15) is 0 Å². The Morgan fingerprint density at radius 3 is 2.44 bits per heavy atom. The van der Waals surface area contributed by atoms with Gasteiger partial charge < -0.3 is 25.4 Å². The standard InChI is InChI=1S/C15H22N4O6/c1-24-7-5-16-12-4-3-11(9-13(12)19(22)23)15(21)18-10-14(20)17-6-8-25-2/h3-4,9,16H,5-8,10H2,1-2H3,(H,17,20)(H,18,21). The third-order valence-corrected chi connectivity index (χ3v) is 3.12. The monoisotopic (exact) mass is 354 g/mol. The molecule has 0 saturated carbocycles. The summed E-state index contributed by atoms with van der Waals surface area (Å²) < 4.78 is 9.66. The second-order valence-electron chi connectivity index (χ2n) is 4.93. The zero-order valence-electron chi connectivity index (χ0n) is 14.2. The van der Waals surface area contributed by atoms with Gasteiger partial charge >= 0.3 is 0 Å². The fourth-order valence-electron chi connectivity index (χ4n) is 1.88. The molecule has 0 aliphatic carbocycles. The minimum atomic E-state index is -0.580. The Balaban J connectivity index is 2.67. The van der Waals surface area contributed by atoms with E-state index in [0.29, 0.717) is 26.3 Å². The van der Waals surface area contributed by atoms with E-state index in [1.54, 1.807) is 0 Å². The van der Waals surface area contributed by atoms with Gasteiger partial charge in [-0.05, 0) is 12.1 Å². The maximum absolute atomic E-state index is 12.0. The molecule has 2 amide bonds. The van der Waals surface area contributed by atoms with Crippen LogP contribution in [0.25, 0.3) is 0 Å². The number of anilines is 1. The van der Waals surface area contributed by atoms with Gasteiger partial charge in [-0.15, -0.1) is 0 Å². The molecule has 1 rings (SSSR count). The molecule has 0 unspecified atom stereocenters. The van der Waals surface area contributed by atoms with Crippen molar-refractivity contribution in [3.63, 3.8) is 0 Å². The number of ether oxygens (including phenoxy) is 2. The lowest BCUT2D eigenvalue weighted by Crippen LogP contribution is -2.38. The van der Waals surface area contributed by atoms with Crippen LogP contribution in [0, 0.1) is 10.1 Å². The van der Waals surface area contributed by atoms with Crippen molar-refractivity contribution in [3.05, 3.63) is 33.9 Å². The van der Waals surface area contributed by atoms with Gasteiger partial charge in [-0.25, -0.2) is 0 Å². The number of nitro benzene ring substituents is 1. The number of methoxy groups -OCH3 is 2. The van der Waals surface area contributed by atoms with E-state index in [0.717, 1.165) is 6.07 Å². The summed E-state index contributed by atoms with van der Waals surface area (Å²) >= 11 is 0. The molecule has 0 radical (unpaired) electrons. The molecule has 0 aromatic heterocycles. The van der Waals surface area contributed by atoms with Gasteiger partial charge in [0.1, 0.15) is 5.69 Å². The third kappa shape index (κ3) is 7.14. The van der Waals surface area contributed by atoms with E-state index in [1.807, 2.05) is 0 Å². The third-order valence-electron chi connectivity index (χ3n) is 3.12. The highest BCUT2D eigenvalue weighted by Gasteiger charge is 2.17. The summed E-state index contributed by atoms with van der Waals surface area (Å²) in [5, 5.41) is 19.0. The van der Waals surface area contributed by atoms with Crippen LogP contribution in [0.1, 0.15) is 10.4 Å². The van der Waals surface area contributed by atoms with E-state index in [-0.39, 0.29) is 29.4 Å². The van der Waals surface area contributed by atoms with E-state index in [9.17, 15) is 19.7 Å². The predicted octanol–water partition coefficient (Wildman–Crippen LogP) is 0.146. The number of carbonyl (C=O) groups is 2. The van der Waals surface area contributed by atoms with Crippen molar-refractivity contribution in [2.24, 2.45) is 0 Å². The minimum absolute atomic E-state index is 0.0914. The zero-order chi connectivity index (χ0) is 18.7. The van der Waals surface area contributed by atoms with E-state index in [1.165, 1.54) is 26.4 Å². The molecule has 0 bridgehead atoms. The molecule has 138 valence electrons. The molecule has 0 saturated heterocycles. The highest BCUT2D eigenvalue weighted by atomic mass is 16.6. The molecule has 0 spiro atoms. The zero-order valence-corrected chi connectivity index (χ0v) is 14.2. The van der Waals surface area contributed by atoms with E-state index >= 15 is 0 Å². The van der Waals surface area contributed by atoms with E-state index in [4.69, 9.17) is 9.47 Å². The summed E-state index contributed by atoms with van der Waals surface area (Å²) in [6.07, 6.45) is 0. The SMILES string of the molecule is COCCNC(=O)CNC(=O)c1ccc(NCCOC)c([N+](=O)[O-])c1. The van der Waals surface area contributed by atoms with Gasteiger partial charge in [0.05, 0.1) is 24.7 Å². The molecule has 3 N–H and O–H groups in total. The molecule has 0 aliphatic rings. The Hall–Kier alpha value is -2.72. The number of hydrogen-bond donors (Lipinski definition) is 3. The molecule has 0 aliphatic heterocycles. The van der Waals surface area contributed by atoms with Gasteiger partial charge in [0.25, 0.3) is 11.6 Å². The number of nitro groups is 1. The summed E-state index contributed by atoms with van der Waals surface area (Å²) in [4.78, 5) is 34.2. The van der Waals surface area contributed by atoms with Crippen LogP contribution < -0.4 is 16.0 Å². The maximum Gasteiger partial charge on any atom is 0.293 e. The lowest BCUT2D eigenvalue weighted by molar-refractivity contribution is -0.384. The summed E-state index contributed by atoms with van der Waals surface area (Å²) in [5.74, 6) is -0.953. The normalized spacial score (nSPS) is 10.2. The number of hydrogen-bond acceptors (Lipinski definition) is 7. The maximum atomic E-state index is 12.0. The van der Waals surface area contributed by atoms with Crippen molar-refractivity contribution in [2.45, 2.75) is 0 Å². The summed E-state index contributed by atoms with van der Waals surface area (Å²) in [6.45, 7) is 1.24. The predicted molar refractivity (Wildman–Crippen MR) is 90.7 cm³/mol. The number of nitrogens with one attached hydrogen (secondary N) is 3. The minimum Gasteiger partial charge on any atom is -0.383 e. The van der Waals surface area contributed by atoms with Crippen molar-refractivity contribution < 1.29 is 24.0 Å². The first kappa shape index (κ1) is 20.3. The Bertz CT molecular complexity index is 608. The second kappa shape index (κ2) is 10.9. The van der Waals surface area contributed by atoms with Gasteiger partial charge in [0.15, 0.2) is 0 Å². The molecule has 25 heavy (non-hydrogen) atoms. The van der Waals surface area contributed by atoms with Crippen molar-refractivity contribution in [3.8, 4) is 0 Å². The van der Waals surface area contributed by atoms with Gasteiger partial charge in [0, 0.05) is 38.9 Å². The number of rotatable bonds is 11. The Kier molecular flexibility index (Phi) is 8.90. The molecule has 10 nitrogen and oxygen atoms in total. The molecular formula is C15H22N4O6. The molecular weight excluding hydrogens is 332 g/mol. The average molecular weight is 354 g/mol. The molecule has 0 atom stereocenters. The van der Waals surface area contributed by atoms with Crippen LogP contribution in [0.2, 0.25) is 0 Å². The lowest BCUT2D eigenvalue weighted by atomic mass is 10.1. The first-order valence-electron chi connectivity index (χ1n) is 7.54. The highest BCUT2D eigenvalue weighted by Crippen LogP contribution is 2.25. The van der Waals surface area contributed by atoms with Crippen molar-refractivity contribution >= 4 is 23.2 Å². The van der Waals surface area contributed by atoms with Crippen LogP contribution in [0.5, 0.6) is 0 Å². The quantitative estimate of drug-likeness (QED) is 0.293. The van der Waals surface area contributed by atoms with Gasteiger partial charge in [-0.3, -0.25) is 19.7 Å². The van der Waals surface area contributed by atoms with Crippen LogP contribution in [-0.4, -0.2) is 63.8 Å². The van der Waals surface area contributed by atoms with Crippen molar-refractivity contribution in [2.75, 3.05) is 52.4 Å². The fourth-order valence-corrected chi connectivity index (χ4v) is 1.88. The van der Waals surface area contributed by atoms with Crippen LogP contribution >= 0.6 is 0 Å². The lowest BCUT2D eigenvalue weighted by Gasteiger charge is -2.09. The fraction of sp³-hybridized carbons (Fsp3) is 0.467. The molecule has 0 heterocycles. The number of nitrogens with zero attached hydrogens (tertiary/aromatic N) is 1. The van der Waals surface area contributed by atoms with Crippen LogP contribution in [0.4, 0.5) is 11.4 Å². The van der Waals surface area contributed by atoms with Crippen molar-refractivity contribution in [1.82, 2.24) is 10.6 Å². The highest BCUT2D eigenvalue weighted by molar-refractivity contribution is 5.97. The van der Waals surface area contributed by atoms with Crippen LogP contribution in [0.3, 0.4) is 0 Å². The van der Waals surface area contributed by atoms with Crippen LogP contribution in [0.15, 0.2) is 18.2 Å². The Morgan fingerprint density at radius 2 is 1.80 bits per heavy atom. The van der Waals surface area contributed by atoms with E-state index in [2.05, 4.69) is 16.0 Å². The topological polar surface area (TPSA) is 132 Å². The van der Waals surface area contributed by atoms with E-state index < -0.39 is 10.8 Å². The smallest absolute Gasteiger partial charge is 0.293 e. The summed E-state index contributed by atoms with van der Waals surface area (Å²) in [6, 6.07) is 4.05. The average Bonchev–Trinajstić information content (AvgIpc) is 2.60. The number of benzene rings is 1. The Labute approximate surface area is 145 Å². The molecule has 1 aromatic carbocycles. The number of carbonyl (C=O) groups excluding carboxylic acids is 2. The van der Waals surface area contributed by atoms with Crippen LogP contribution in [-0.2, 0) is 14.3 Å². The second-order valence-corrected chi connectivity index (χ2v) is 4.93. The molecule has 0 fully saturated rings. The molecule has 10 heteroatoms. The largest absolute Gasteiger partial charge is 0.383 e. The van der Waals surface area contributed by atoms with Crippen molar-refractivity contribution in [1.29, 1.82) is 0 Å². The summed E-state index contributed by atoms with van der Waals surface area (Å²) in [5.41, 5.74) is 0.151. The van der Waals surface area contributed by atoms with Gasteiger partial charge in [0.2, 0.25) is 5.91 Å². The summed E-state index contributed by atoms with van der Waals surface area (Å²) in [7, 11) is 3.03. The first-order valence-corrected chi connectivity index (χ1v) is 7.54. The number of amides is 2. The molecule has 1 aromatic rings.